The summed E-state index contributed by atoms with van der Waals surface area (Å²) >= 11 is 0. The largest absolute Gasteiger partial charge is 0.493 e. The average Bonchev–Trinajstić information content (AvgIpc) is 2.47. The van der Waals surface area contributed by atoms with Crippen molar-refractivity contribution in [3.8, 4) is 5.75 Å². The predicted molar refractivity (Wildman–Crippen MR) is 54.2 cm³/mol. The molecule has 0 aromatic heterocycles. The Kier molecular flexibility index (Phi) is 2.22. The van der Waals surface area contributed by atoms with Crippen LogP contribution in [0.3, 0.4) is 0 Å². The van der Waals surface area contributed by atoms with Crippen LogP contribution in [0.5, 0.6) is 5.75 Å². The van der Waals surface area contributed by atoms with Gasteiger partial charge >= 0.3 is 0 Å². The molecule has 1 aromatic carbocycles. The molecule has 2 rings (SSSR count). The third-order valence-electron chi connectivity index (χ3n) is 2.83. The van der Waals surface area contributed by atoms with Gasteiger partial charge in [-0.25, -0.2) is 4.39 Å². The first-order chi connectivity index (χ1) is 6.59. The summed E-state index contributed by atoms with van der Waals surface area (Å²) in [6.45, 7) is 6.70. The molecule has 0 saturated carbocycles. The van der Waals surface area contributed by atoms with E-state index in [1.54, 1.807) is 6.07 Å². The maximum absolute atomic E-state index is 13.7. The number of benzene rings is 1. The molecular weight excluding hydrogens is 179 g/mol. The normalized spacial score (nSPS) is 19.6. The quantitative estimate of drug-likeness (QED) is 0.666. The molecule has 0 saturated heterocycles. The molecule has 1 nitrogen and oxygen atoms in total. The molecule has 0 amide bonds. The van der Waals surface area contributed by atoms with E-state index in [1.165, 1.54) is 0 Å². The minimum Gasteiger partial charge on any atom is -0.493 e. The van der Waals surface area contributed by atoms with Crippen LogP contribution in [-0.4, -0.2) is 6.61 Å². The topological polar surface area (TPSA) is 9.23 Å². The molecule has 0 aliphatic carbocycles. The van der Waals surface area contributed by atoms with Crippen LogP contribution >= 0.6 is 0 Å². The number of hydrogen-bond donors (Lipinski definition) is 0. The summed E-state index contributed by atoms with van der Waals surface area (Å²) in [6.07, 6.45) is 0. The number of rotatable bonds is 1. The van der Waals surface area contributed by atoms with Crippen molar-refractivity contribution in [3.63, 3.8) is 0 Å². The van der Waals surface area contributed by atoms with Crippen LogP contribution in [0.4, 0.5) is 4.39 Å². The second-order valence-corrected chi connectivity index (χ2v) is 4.32. The minimum absolute atomic E-state index is 0.115. The van der Waals surface area contributed by atoms with Crippen LogP contribution in [0.15, 0.2) is 12.1 Å². The predicted octanol–water partition coefficient (Wildman–Crippen LogP) is 3.27. The lowest BCUT2D eigenvalue weighted by atomic mass is 9.89. The van der Waals surface area contributed by atoms with Gasteiger partial charge in [-0.05, 0) is 30.5 Å². The standard InChI is InChI=1S/C12H15FO/c1-7(2)9-6-14-11-5-8(3)4-10(13)12(9)11/h4-5,7,9H,6H2,1-3H3. The lowest BCUT2D eigenvalue weighted by Crippen LogP contribution is -2.08. The first-order valence-corrected chi connectivity index (χ1v) is 5.02. The molecule has 0 bridgehead atoms. The molecule has 0 radical (unpaired) electrons. The van der Waals surface area contributed by atoms with Gasteiger partial charge in [-0.3, -0.25) is 0 Å². The van der Waals surface area contributed by atoms with Crippen molar-refractivity contribution in [2.75, 3.05) is 6.61 Å². The molecular formula is C12H15FO. The summed E-state index contributed by atoms with van der Waals surface area (Å²) in [5, 5.41) is 0. The van der Waals surface area contributed by atoms with Crippen molar-refractivity contribution >= 4 is 0 Å². The smallest absolute Gasteiger partial charge is 0.130 e. The Morgan fingerprint density at radius 2 is 2.14 bits per heavy atom. The van der Waals surface area contributed by atoms with E-state index in [0.29, 0.717) is 12.5 Å². The summed E-state index contributed by atoms with van der Waals surface area (Å²) in [6, 6.07) is 3.50. The zero-order valence-electron chi connectivity index (χ0n) is 8.80. The van der Waals surface area contributed by atoms with Crippen LogP contribution in [0.25, 0.3) is 0 Å². The lowest BCUT2D eigenvalue weighted by molar-refractivity contribution is 0.303. The van der Waals surface area contributed by atoms with E-state index in [4.69, 9.17) is 4.74 Å². The van der Waals surface area contributed by atoms with Crippen LogP contribution in [0, 0.1) is 18.7 Å². The summed E-state index contributed by atoms with van der Waals surface area (Å²) in [5.74, 6) is 1.26. The van der Waals surface area contributed by atoms with Crippen molar-refractivity contribution in [1.29, 1.82) is 0 Å². The van der Waals surface area contributed by atoms with Crippen LogP contribution in [0.2, 0.25) is 0 Å². The van der Waals surface area contributed by atoms with Crippen LogP contribution in [-0.2, 0) is 0 Å². The Labute approximate surface area is 83.9 Å². The Morgan fingerprint density at radius 3 is 2.79 bits per heavy atom. The highest BCUT2D eigenvalue weighted by Gasteiger charge is 2.30. The third-order valence-corrected chi connectivity index (χ3v) is 2.83. The van der Waals surface area contributed by atoms with Gasteiger partial charge in [-0.2, -0.15) is 0 Å². The zero-order valence-corrected chi connectivity index (χ0v) is 8.80. The average molecular weight is 194 g/mol. The SMILES string of the molecule is Cc1cc(F)c2c(c1)OCC2C(C)C. The third kappa shape index (κ3) is 1.39. The molecule has 1 aliphatic heterocycles. The second-order valence-electron chi connectivity index (χ2n) is 4.32. The van der Waals surface area contributed by atoms with Gasteiger partial charge in [0.05, 0.1) is 6.61 Å². The molecule has 1 unspecified atom stereocenters. The highest BCUT2D eigenvalue weighted by atomic mass is 19.1. The van der Waals surface area contributed by atoms with E-state index in [1.807, 2.05) is 13.0 Å². The highest BCUT2D eigenvalue weighted by Crippen LogP contribution is 2.40. The van der Waals surface area contributed by atoms with Gasteiger partial charge in [-0.15, -0.1) is 0 Å². The number of hydrogen-bond acceptors (Lipinski definition) is 1. The Morgan fingerprint density at radius 1 is 1.43 bits per heavy atom. The molecule has 1 heterocycles. The lowest BCUT2D eigenvalue weighted by Gasteiger charge is -2.13. The van der Waals surface area contributed by atoms with E-state index in [-0.39, 0.29) is 11.7 Å². The van der Waals surface area contributed by atoms with Gasteiger partial charge in [-0.1, -0.05) is 13.8 Å². The fourth-order valence-corrected chi connectivity index (χ4v) is 1.99. The van der Waals surface area contributed by atoms with Gasteiger partial charge < -0.3 is 4.74 Å². The Bertz CT molecular complexity index is 358. The highest BCUT2D eigenvalue weighted by molar-refractivity contribution is 5.43. The van der Waals surface area contributed by atoms with Crippen molar-refractivity contribution in [2.24, 2.45) is 5.92 Å². The van der Waals surface area contributed by atoms with E-state index in [9.17, 15) is 4.39 Å². The van der Waals surface area contributed by atoms with Crippen LogP contribution < -0.4 is 4.74 Å². The van der Waals surface area contributed by atoms with Gasteiger partial charge in [0.15, 0.2) is 0 Å². The second kappa shape index (κ2) is 3.26. The molecule has 2 heteroatoms. The van der Waals surface area contributed by atoms with Crippen molar-refractivity contribution in [1.82, 2.24) is 0 Å². The van der Waals surface area contributed by atoms with Gasteiger partial charge in [0.2, 0.25) is 0 Å². The van der Waals surface area contributed by atoms with Gasteiger partial charge in [0, 0.05) is 11.5 Å². The van der Waals surface area contributed by atoms with Gasteiger partial charge in [0.1, 0.15) is 11.6 Å². The summed E-state index contributed by atoms with van der Waals surface area (Å²) in [5.41, 5.74) is 1.69. The van der Waals surface area contributed by atoms with E-state index in [2.05, 4.69) is 13.8 Å². The number of ether oxygens (including phenoxy) is 1. The molecule has 0 N–H and O–H groups in total. The zero-order chi connectivity index (χ0) is 10.3. The molecule has 1 aliphatic rings. The molecule has 1 aromatic rings. The molecule has 76 valence electrons. The molecule has 0 fully saturated rings. The summed E-state index contributed by atoms with van der Waals surface area (Å²) in [7, 11) is 0. The van der Waals surface area contributed by atoms with Crippen LogP contribution in [0.1, 0.15) is 30.9 Å². The molecule has 0 spiro atoms. The molecule has 1 atom stereocenters. The first-order valence-electron chi connectivity index (χ1n) is 5.02. The molecule has 14 heavy (non-hydrogen) atoms. The van der Waals surface area contributed by atoms with Crippen molar-refractivity contribution in [3.05, 3.63) is 29.1 Å². The fourth-order valence-electron chi connectivity index (χ4n) is 1.99. The van der Waals surface area contributed by atoms with Crippen molar-refractivity contribution in [2.45, 2.75) is 26.7 Å². The maximum Gasteiger partial charge on any atom is 0.130 e. The van der Waals surface area contributed by atoms with E-state index in [0.717, 1.165) is 16.9 Å². The van der Waals surface area contributed by atoms with E-state index >= 15 is 0 Å². The Balaban J connectivity index is 2.49. The number of halogens is 1. The summed E-state index contributed by atoms with van der Waals surface area (Å²) in [4.78, 5) is 0. The minimum atomic E-state index is -0.115. The van der Waals surface area contributed by atoms with Crippen molar-refractivity contribution < 1.29 is 9.13 Å². The fraction of sp³-hybridized carbons (Fsp3) is 0.500. The Hall–Kier alpha value is -1.05. The van der Waals surface area contributed by atoms with Gasteiger partial charge in [0.25, 0.3) is 0 Å². The monoisotopic (exact) mass is 194 g/mol. The number of aryl methyl sites for hydroxylation is 1. The maximum atomic E-state index is 13.7. The summed E-state index contributed by atoms with van der Waals surface area (Å²) < 4.78 is 19.2. The van der Waals surface area contributed by atoms with E-state index < -0.39 is 0 Å². The first kappa shape index (κ1) is 9.50. The number of fused-ring (bicyclic) bond motifs is 1.